The minimum absolute atomic E-state index is 0.0796. The second-order valence-electron chi connectivity index (χ2n) is 30.7. The number of hydrogen-bond acceptors (Lipinski definition) is 2. The van der Waals surface area contributed by atoms with E-state index in [1.807, 2.05) is 0 Å². The summed E-state index contributed by atoms with van der Waals surface area (Å²) < 4.78 is 5.03. The van der Waals surface area contributed by atoms with Crippen molar-refractivity contribution >= 4 is 101 Å². The molecule has 0 unspecified atom stereocenters. The number of rotatable bonds is 8. The molecule has 97 heavy (non-hydrogen) atoms. The van der Waals surface area contributed by atoms with Gasteiger partial charge in [0.05, 0.1) is 27.8 Å². The lowest BCUT2D eigenvalue weighted by molar-refractivity contribution is 0.402. The molecule has 0 saturated heterocycles. The van der Waals surface area contributed by atoms with Gasteiger partial charge in [-0.05, 0) is 203 Å². The van der Waals surface area contributed by atoms with Crippen LogP contribution in [0.2, 0.25) is 0 Å². The van der Waals surface area contributed by atoms with Gasteiger partial charge < -0.3 is 18.9 Å². The van der Waals surface area contributed by atoms with E-state index in [0.29, 0.717) is 0 Å². The summed E-state index contributed by atoms with van der Waals surface area (Å²) in [4.78, 5) is 5.22. The molecular formula is C92H75BN4. The monoisotopic (exact) mass is 1250 g/mol. The lowest BCUT2D eigenvalue weighted by atomic mass is 9.33. The number of aromatic nitrogens is 2. The minimum Gasteiger partial charge on any atom is -0.311 e. The second-order valence-corrected chi connectivity index (χ2v) is 30.7. The molecule has 0 radical (unpaired) electrons. The minimum atomic E-state index is -0.142. The Balaban J connectivity index is 0.879. The summed E-state index contributed by atoms with van der Waals surface area (Å²) in [6.45, 7) is 19.2. The fourth-order valence-corrected chi connectivity index (χ4v) is 18.8. The summed E-state index contributed by atoms with van der Waals surface area (Å²) in [5.41, 5.74) is 33.5. The Morgan fingerprint density at radius 1 is 0.247 bits per heavy atom. The van der Waals surface area contributed by atoms with Crippen molar-refractivity contribution in [2.24, 2.45) is 0 Å². The SMILES string of the molecule is CC1(C)CC(C)(C)c2cc(-c3ccc(N4c5cc(-c6ccccc6)ccc5B5c6ccc(-n7c8ccccc8c8cc(-c9ccccc9)ccc87)cc6N(c6ccc(-c7ccc8c(c7)C(C)(C)CC8(C)C)cc6)c6cc(-n7c8ccccc8c8ccccc87)cc4c65)cc3)ccc21. The molecule has 2 aromatic heterocycles. The number of anilines is 6. The third kappa shape index (κ3) is 8.76. The Bertz CT molecular complexity index is 5710. The molecular weight excluding hydrogens is 1170 g/mol. The molecule has 13 aromatic carbocycles. The lowest BCUT2D eigenvalue weighted by Gasteiger charge is -2.44. The standard InChI is InChI=1S/C92H75BN4/c1-89(2)56-91(5,6)76-50-63(35-44-74(76)89)60-31-39-66(40-32-60)94-84-52-65(59-23-13-10-14-24-59)37-46-78(84)93-79-47-43-68(96-82-30-20-17-27-72(82)73-49-62(38-48-83(73)96)58-21-11-9-12-22-58)53-85(79)95(67-41-33-61(34-42-67)64-36-45-75-77(51-64)92(7,8)57-90(75,3)4)87-55-69(54-86(94)88(87)93)97-80-28-18-15-25-70(80)71-26-16-19-29-81(71)97/h9-55H,56-57H2,1-8H3. The molecule has 0 atom stereocenters. The average molecular weight is 1250 g/mol. The topological polar surface area (TPSA) is 16.3 Å². The molecule has 2 aliphatic carbocycles. The molecule has 0 saturated carbocycles. The van der Waals surface area contributed by atoms with Gasteiger partial charge in [0.2, 0.25) is 0 Å². The number of fused-ring (bicyclic) bond motifs is 12. The van der Waals surface area contributed by atoms with Gasteiger partial charge in [-0.3, -0.25) is 0 Å². The fraction of sp³-hybridized carbons (Fsp3) is 0.152. The van der Waals surface area contributed by atoms with Crippen molar-refractivity contribution in [2.75, 3.05) is 9.80 Å². The van der Waals surface area contributed by atoms with Crippen LogP contribution in [0.5, 0.6) is 0 Å². The Labute approximate surface area is 569 Å². The second kappa shape index (κ2) is 20.8. The van der Waals surface area contributed by atoms with Gasteiger partial charge in [-0.25, -0.2) is 0 Å². The number of benzene rings is 13. The first-order valence-corrected chi connectivity index (χ1v) is 34.8. The van der Waals surface area contributed by atoms with E-state index in [1.54, 1.807) is 0 Å². The molecule has 4 heterocycles. The summed E-state index contributed by atoms with van der Waals surface area (Å²) in [6.07, 6.45) is 2.26. The third-order valence-electron chi connectivity index (χ3n) is 22.7. The number of hydrogen-bond donors (Lipinski definition) is 0. The summed E-state index contributed by atoms with van der Waals surface area (Å²) in [7, 11) is 0. The zero-order valence-corrected chi connectivity index (χ0v) is 56.4. The molecule has 19 rings (SSSR count). The van der Waals surface area contributed by atoms with E-state index in [9.17, 15) is 0 Å². The quantitative estimate of drug-likeness (QED) is 0.141. The molecule has 0 N–H and O–H groups in total. The maximum Gasteiger partial charge on any atom is 0.252 e. The van der Waals surface area contributed by atoms with E-state index in [4.69, 9.17) is 0 Å². The molecule has 0 spiro atoms. The Morgan fingerprint density at radius 3 is 1.09 bits per heavy atom. The summed E-state index contributed by atoms with van der Waals surface area (Å²) in [5, 5.41) is 4.92. The van der Waals surface area contributed by atoms with Crippen molar-refractivity contribution in [3.05, 3.63) is 307 Å². The molecule has 4 nitrogen and oxygen atoms in total. The molecule has 15 aromatic rings. The first kappa shape index (κ1) is 57.6. The van der Waals surface area contributed by atoms with E-state index in [-0.39, 0.29) is 28.4 Å². The molecule has 0 bridgehead atoms. The maximum atomic E-state index is 2.62. The highest BCUT2D eigenvalue weighted by Crippen LogP contribution is 2.54. The van der Waals surface area contributed by atoms with E-state index < -0.39 is 0 Å². The normalized spacial score (nSPS) is 15.8. The van der Waals surface area contributed by atoms with Crippen LogP contribution in [-0.2, 0) is 21.7 Å². The van der Waals surface area contributed by atoms with Crippen LogP contribution in [0.1, 0.15) is 90.5 Å². The van der Waals surface area contributed by atoms with Crippen molar-refractivity contribution < 1.29 is 0 Å². The Kier molecular flexibility index (Phi) is 12.4. The molecule has 0 fully saturated rings. The van der Waals surface area contributed by atoms with Gasteiger partial charge in [0, 0.05) is 61.4 Å². The van der Waals surface area contributed by atoms with E-state index in [1.165, 1.54) is 132 Å². The first-order valence-electron chi connectivity index (χ1n) is 34.8. The van der Waals surface area contributed by atoms with Gasteiger partial charge in [-0.2, -0.15) is 0 Å². The van der Waals surface area contributed by atoms with Crippen LogP contribution in [-0.4, -0.2) is 15.8 Å². The fourth-order valence-electron chi connectivity index (χ4n) is 18.8. The third-order valence-corrected chi connectivity index (χ3v) is 22.7. The van der Waals surface area contributed by atoms with Crippen LogP contribution in [0.4, 0.5) is 34.1 Å². The van der Waals surface area contributed by atoms with Gasteiger partial charge in [0.1, 0.15) is 0 Å². The molecule has 2 aliphatic heterocycles. The van der Waals surface area contributed by atoms with Gasteiger partial charge in [0.15, 0.2) is 0 Å². The van der Waals surface area contributed by atoms with Crippen LogP contribution in [0, 0.1) is 0 Å². The van der Waals surface area contributed by atoms with Gasteiger partial charge in [0.25, 0.3) is 6.71 Å². The van der Waals surface area contributed by atoms with Crippen molar-refractivity contribution in [1.29, 1.82) is 0 Å². The number of para-hydroxylation sites is 3. The summed E-state index contributed by atoms with van der Waals surface area (Å²) >= 11 is 0. The molecule has 466 valence electrons. The lowest BCUT2D eigenvalue weighted by Crippen LogP contribution is -2.61. The van der Waals surface area contributed by atoms with E-state index in [2.05, 4.69) is 359 Å². The van der Waals surface area contributed by atoms with Crippen molar-refractivity contribution in [3.8, 4) is 55.9 Å². The van der Waals surface area contributed by atoms with Crippen LogP contribution in [0.3, 0.4) is 0 Å². The van der Waals surface area contributed by atoms with Crippen LogP contribution in [0.15, 0.2) is 285 Å². The Morgan fingerprint density at radius 2 is 0.588 bits per heavy atom. The highest BCUT2D eigenvalue weighted by molar-refractivity contribution is 7.00. The van der Waals surface area contributed by atoms with Gasteiger partial charge >= 0.3 is 0 Å². The highest BCUT2D eigenvalue weighted by Gasteiger charge is 2.46. The van der Waals surface area contributed by atoms with E-state index >= 15 is 0 Å². The van der Waals surface area contributed by atoms with Gasteiger partial charge in [-0.1, -0.05) is 256 Å². The van der Waals surface area contributed by atoms with E-state index in [0.717, 1.165) is 52.7 Å². The van der Waals surface area contributed by atoms with Crippen molar-refractivity contribution in [1.82, 2.24) is 9.13 Å². The largest absolute Gasteiger partial charge is 0.311 e. The summed E-state index contributed by atoms with van der Waals surface area (Å²) in [6, 6.07) is 109. The highest BCUT2D eigenvalue weighted by atomic mass is 15.2. The predicted octanol–water partition coefficient (Wildman–Crippen LogP) is 22.5. The van der Waals surface area contributed by atoms with Crippen LogP contribution < -0.4 is 26.2 Å². The predicted molar refractivity (Wildman–Crippen MR) is 412 cm³/mol. The van der Waals surface area contributed by atoms with Crippen molar-refractivity contribution in [2.45, 2.75) is 89.9 Å². The maximum absolute atomic E-state index is 2.62. The Hall–Kier alpha value is -10.9. The smallest absolute Gasteiger partial charge is 0.252 e. The summed E-state index contributed by atoms with van der Waals surface area (Å²) in [5.74, 6) is 0. The molecule has 0 amide bonds. The van der Waals surface area contributed by atoms with Gasteiger partial charge in [-0.15, -0.1) is 0 Å². The number of nitrogens with zero attached hydrogens (tertiary/aromatic N) is 4. The molecule has 5 heteroatoms. The first-order chi connectivity index (χ1) is 47.0. The van der Waals surface area contributed by atoms with Crippen molar-refractivity contribution in [3.63, 3.8) is 0 Å². The zero-order valence-electron chi connectivity index (χ0n) is 56.4. The average Bonchev–Trinajstić information content (AvgIpc) is 1.53. The van der Waals surface area contributed by atoms with Crippen LogP contribution in [0.25, 0.3) is 99.5 Å². The molecule has 4 aliphatic rings. The van der Waals surface area contributed by atoms with Crippen LogP contribution >= 0.6 is 0 Å². The zero-order chi connectivity index (χ0) is 65.4.